The van der Waals surface area contributed by atoms with Gasteiger partial charge in [-0.25, -0.2) is 0 Å². The van der Waals surface area contributed by atoms with E-state index in [4.69, 9.17) is 9.47 Å². The molecule has 3 heteroatoms. The second-order valence-corrected chi connectivity index (χ2v) is 5.34. The predicted molar refractivity (Wildman–Crippen MR) is 71.0 cm³/mol. The van der Waals surface area contributed by atoms with Crippen molar-refractivity contribution in [2.45, 2.75) is 58.3 Å². The van der Waals surface area contributed by atoms with E-state index < -0.39 is 0 Å². The molecule has 0 aromatic carbocycles. The van der Waals surface area contributed by atoms with Gasteiger partial charge >= 0.3 is 0 Å². The molecule has 17 heavy (non-hydrogen) atoms. The highest BCUT2D eigenvalue weighted by Gasteiger charge is 2.31. The van der Waals surface area contributed by atoms with E-state index in [2.05, 4.69) is 19.2 Å². The number of nitrogens with one attached hydrogen (secondary N) is 1. The van der Waals surface area contributed by atoms with E-state index in [1.165, 1.54) is 25.7 Å². The monoisotopic (exact) mass is 243 g/mol. The lowest BCUT2D eigenvalue weighted by molar-refractivity contribution is -0.135. The van der Waals surface area contributed by atoms with Crippen LogP contribution in [-0.4, -0.2) is 33.1 Å². The molecule has 0 saturated heterocycles. The van der Waals surface area contributed by atoms with E-state index in [9.17, 15) is 0 Å². The van der Waals surface area contributed by atoms with Crippen LogP contribution in [0.15, 0.2) is 0 Å². The maximum Gasteiger partial charge on any atom is 0.172 e. The van der Waals surface area contributed by atoms with Crippen LogP contribution < -0.4 is 5.32 Å². The summed E-state index contributed by atoms with van der Waals surface area (Å²) in [5, 5.41) is 3.61. The number of hydrogen-bond donors (Lipinski definition) is 1. The minimum absolute atomic E-state index is 0.111. The summed E-state index contributed by atoms with van der Waals surface area (Å²) in [6, 6.07) is 0.345. The Morgan fingerprint density at radius 1 is 1.12 bits per heavy atom. The fourth-order valence-electron chi connectivity index (χ4n) is 2.83. The third-order valence-corrected chi connectivity index (χ3v) is 3.96. The largest absolute Gasteiger partial charge is 0.354 e. The smallest absolute Gasteiger partial charge is 0.172 e. The predicted octanol–water partition coefficient (Wildman–Crippen LogP) is 2.80. The molecule has 0 bridgehead atoms. The Balaban J connectivity index is 2.54. The number of rotatable bonds is 7. The van der Waals surface area contributed by atoms with Crippen LogP contribution in [0.4, 0.5) is 0 Å². The summed E-state index contributed by atoms with van der Waals surface area (Å²) in [6.07, 6.45) is 6.32. The highest BCUT2D eigenvalue weighted by molar-refractivity contribution is 4.83. The maximum absolute atomic E-state index is 5.45. The van der Waals surface area contributed by atoms with Crippen molar-refractivity contribution in [2.24, 2.45) is 11.8 Å². The molecule has 1 aliphatic rings. The van der Waals surface area contributed by atoms with Crippen molar-refractivity contribution >= 4 is 0 Å². The van der Waals surface area contributed by atoms with Crippen LogP contribution >= 0.6 is 0 Å². The first-order chi connectivity index (χ1) is 8.22. The van der Waals surface area contributed by atoms with E-state index in [0.717, 1.165) is 18.9 Å². The molecule has 1 N–H and O–H groups in total. The van der Waals surface area contributed by atoms with Gasteiger partial charge in [0.15, 0.2) is 6.29 Å². The van der Waals surface area contributed by atoms with Crippen molar-refractivity contribution in [3.63, 3.8) is 0 Å². The first-order valence-corrected chi connectivity index (χ1v) is 7.01. The Kier molecular flexibility index (Phi) is 7.09. The topological polar surface area (TPSA) is 30.5 Å². The summed E-state index contributed by atoms with van der Waals surface area (Å²) in [7, 11) is 3.47. The normalized spacial score (nSPS) is 27.4. The van der Waals surface area contributed by atoms with Crippen molar-refractivity contribution in [1.82, 2.24) is 5.32 Å². The van der Waals surface area contributed by atoms with Gasteiger partial charge in [-0.1, -0.05) is 26.7 Å². The standard InChI is InChI=1S/C14H29NO2/c1-5-10-15-13(14(16-3)17-4)12-8-6-11(2)7-9-12/h11-15H,5-10H2,1-4H3. The van der Waals surface area contributed by atoms with Gasteiger partial charge in [0, 0.05) is 14.2 Å². The van der Waals surface area contributed by atoms with Gasteiger partial charge in [0.05, 0.1) is 6.04 Å². The molecule has 1 fully saturated rings. The molecule has 0 aromatic heterocycles. The zero-order valence-corrected chi connectivity index (χ0v) is 11.9. The molecule has 1 rings (SSSR count). The molecule has 1 saturated carbocycles. The summed E-state index contributed by atoms with van der Waals surface area (Å²) in [6.45, 7) is 5.59. The molecule has 0 amide bonds. The van der Waals surface area contributed by atoms with Gasteiger partial charge in [-0.05, 0) is 37.6 Å². The summed E-state index contributed by atoms with van der Waals surface area (Å²) in [5.74, 6) is 1.59. The lowest BCUT2D eigenvalue weighted by Crippen LogP contribution is -2.48. The van der Waals surface area contributed by atoms with E-state index in [-0.39, 0.29) is 6.29 Å². The Hall–Kier alpha value is -0.120. The van der Waals surface area contributed by atoms with Crippen LogP contribution in [0, 0.1) is 11.8 Å². The first kappa shape index (κ1) is 14.9. The van der Waals surface area contributed by atoms with Gasteiger partial charge in [0.25, 0.3) is 0 Å². The molecule has 1 aliphatic carbocycles. The average molecular weight is 243 g/mol. The summed E-state index contributed by atoms with van der Waals surface area (Å²) < 4.78 is 10.9. The average Bonchev–Trinajstić information content (AvgIpc) is 2.36. The van der Waals surface area contributed by atoms with Crippen molar-refractivity contribution in [1.29, 1.82) is 0 Å². The number of ether oxygens (including phenoxy) is 2. The van der Waals surface area contributed by atoms with Gasteiger partial charge in [0.2, 0.25) is 0 Å². The Morgan fingerprint density at radius 3 is 2.18 bits per heavy atom. The lowest BCUT2D eigenvalue weighted by Gasteiger charge is -2.36. The molecule has 1 unspecified atom stereocenters. The van der Waals surface area contributed by atoms with Crippen molar-refractivity contribution in [3.8, 4) is 0 Å². The van der Waals surface area contributed by atoms with Crippen LogP contribution in [0.3, 0.4) is 0 Å². The molecule has 102 valence electrons. The quantitative estimate of drug-likeness (QED) is 0.697. The van der Waals surface area contributed by atoms with E-state index >= 15 is 0 Å². The summed E-state index contributed by atoms with van der Waals surface area (Å²) in [5.41, 5.74) is 0. The molecular weight excluding hydrogens is 214 g/mol. The minimum atomic E-state index is -0.111. The molecular formula is C14H29NO2. The van der Waals surface area contributed by atoms with Gasteiger partial charge in [-0.15, -0.1) is 0 Å². The second kappa shape index (κ2) is 8.06. The van der Waals surface area contributed by atoms with Gasteiger partial charge < -0.3 is 14.8 Å². The first-order valence-electron chi connectivity index (χ1n) is 7.01. The van der Waals surface area contributed by atoms with Crippen molar-refractivity contribution in [3.05, 3.63) is 0 Å². The molecule has 0 aromatic rings. The third kappa shape index (κ3) is 4.57. The summed E-state index contributed by atoms with van der Waals surface area (Å²) in [4.78, 5) is 0. The van der Waals surface area contributed by atoms with E-state index in [0.29, 0.717) is 12.0 Å². The van der Waals surface area contributed by atoms with Gasteiger partial charge in [0.1, 0.15) is 0 Å². The fraction of sp³-hybridized carbons (Fsp3) is 1.00. The van der Waals surface area contributed by atoms with Gasteiger partial charge in [-0.2, -0.15) is 0 Å². The lowest BCUT2D eigenvalue weighted by atomic mass is 9.79. The zero-order valence-electron chi connectivity index (χ0n) is 11.9. The highest BCUT2D eigenvalue weighted by Crippen LogP contribution is 2.32. The van der Waals surface area contributed by atoms with Crippen LogP contribution in [0.5, 0.6) is 0 Å². The third-order valence-electron chi connectivity index (χ3n) is 3.96. The van der Waals surface area contributed by atoms with E-state index in [1.54, 1.807) is 14.2 Å². The maximum atomic E-state index is 5.45. The Morgan fingerprint density at radius 2 is 1.71 bits per heavy atom. The molecule has 0 heterocycles. The van der Waals surface area contributed by atoms with Crippen molar-refractivity contribution in [2.75, 3.05) is 20.8 Å². The van der Waals surface area contributed by atoms with E-state index in [1.807, 2.05) is 0 Å². The SMILES string of the molecule is CCCNC(C1CCC(C)CC1)C(OC)OC. The molecule has 0 spiro atoms. The molecule has 0 aliphatic heterocycles. The van der Waals surface area contributed by atoms with Crippen molar-refractivity contribution < 1.29 is 9.47 Å². The second-order valence-electron chi connectivity index (χ2n) is 5.34. The Bertz CT molecular complexity index is 187. The summed E-state index contributed by atoms with van der Waals surface area (Å²) >= 11 is 0. The molecule has 1 atom stereocenters. The van der Waals surface area contributed by atoms with Gasteiger partial charge in [-0.3, -0.25) is 0 Å². The van der Waals surface area contributed by atoms with Crippen LogP contribution in [0.1, 0.15) is 46.0 Å². The zero-order chi connectivity index (χ0) is 12.7. The highest BCUT2D eigenvalue weighted by atomic mass is 16.7. The van der Waals surface area contributed by atoms with Crippen LogP contribution in [0.2, 0.25) is 0 Å². The molecule has 3 nitrogen and oxygen atoms in total. The number of methoxy groups -OCH3 is 2. The minimum Gasteiger partial charge on any atom is -0.354 e. The molecule has 0 radical (unpaired) electrons. The van der Waals surface area contributed by atoms with Crippen LogP contribution in [0.25, 0.3) is 0 Å². The van der Waals surface area contributed by atoms with Crippen LogP contribution in [-0.2, 0) is 9.47 Å². The fourth-order valence-corrected chi connectivity index (χ4v) is 2.83. The number of hydrogen-bond acceptors (Lipinski definition) is 3. The Labute approximate surface area is 106 Å².